The summed E-state index contributed by atoms with van der Waals surface area (Å²) >= 11 is 0. The highest BCUT2D eigenvalue weighted by Gasteiger charge is 2.15. The minimum atomic E-state index is -3.63. The molecule has 42 heavy (non-hydrogen) atoms. The predicted molar refractivity (Wildman–Crippen MR) is 165 cm³/mol. The van der Waals surface area contributed by atoms with Gasteiger partial charge in [-0.2, -0.15) is 4.98 Å². The molecule has 1 aliphatic rings. The lowest BCUT2D eigenvalue weighted by Crippen LogP contribution is -2.25. The molecule has 0 bridgehead atoms. The third kappa shape index (κ3) is 6.62. The molecule has 0 amide bonds. The third-order valence-corrected chi connectivity index (χ3v) is 8.73. The van der Waals surface area contributed by atoms with Crippen LogP contribution in [0.2, 0.25) is 0 Å². The number of ether oxygens (including phenoxy) is 1. The summed E-state index contributed by atoms with van der Waals surface area (Å²) in [7, 11) is -3.63. The van der Waals surface area contributed by atoms with Crippen molar-refractivity contribution in [1.82, 2.24) is 24.2 Å². The highest BCUT2D eigenvalue weighted by molar-refractivity contribution is 7.89. The second kappa shape index (κ2) is 12.3. The molecule has 0 aliphatic carbocycles. The number of hydrogen-bond acceptors (Lipinski definition) is 7. The molecule has 3 aromatic carbocycles. The summed E-state index contributed by atoms with van der Waals surface area (Å²) in [5.74, 6) is 1.32. The molecule has 216 valence electrons. The number of benzene rings is 3. The van der Waals surface area contributed by atoms with Gasteiger partial charge in [-0.1, -0.05) is 36.4 Å². The fourth-order valence-corrected chi connectivity index (χ4v) is 6.25. The fourth-order valence-electron chi connectivity index (χ4n) is 5.12. The van der Waals surface area contributed by atoms with Gasteiger partial charge in [0, 0.05) is 24.3 Å². The van der Waals surface area contributed by atoms with E-state index in [1.165, 1.54) is 25.9 Å². The molecule has 0 atom stereocenters. The molecular formula is C32H34N6O3S. The highest BCUT2D eigenvalue weighted by Crippen LogP contribution is 2.24. The van der Waals surface area contributed by atoms with E-state index in [4.69, 9.17) is 9.84 Å². The van der Waals surface area contributed by atoms with Crippen LogP contribution in [0.1, 0.15) is 24.0 Å². The largest absolute Gasteiger partial charge is 0.492 e. The van der Waals surface area contributed by atoms with Gasteiger partial charge in [-0.15, -0.1) is 5.10 Å². The van der Waals surface area contributed by atoms with Gasteiger partial charge in [0.15, 0.2) is 5.65 Å². The number of nitrogens with zero attached hydrogens (tertiary/aromatic N) is 4. The second-order valence-corrected chi connectivity index (χ2v) is 12.3. The van der Waals surface area contributed by atoms with Crippen LogP contribution in [-0.4, -0.2) is 54.2 Å². The molecule has 1 fully saturated rings. The molecule has 3 heterocycles. The zero-order chi connectivity index (χ0) is 28.9. The Balaban J connectivity index is 1.13. The molecule has 1 aliphatic heterocycles. The minimum Gasteiger partial charge on any atom is -0.492 e. The Morgan fingerprint density at radius 2 is 1.69 bits per heavy atom. The smallest absolute Gasteiger partial charge is 0.247 e. The lowest BCUT2D eigenvalue weighted by Gasteiger charge is -2.15. The molecule has 10 heteroatoms. The number of likely N-dealkylation sites (tertiary alicyclic amines) is 1. The highest BCUT2D eigenvalue weighted by atomic mass is 32.2. The van der Waals surface area contributed by atoms with E-state index in [1.54, 1.807) is 22.7 Å². The van der Waals surface area contributed by atoms with E-state index >= 15 is 0 Å². The van der Waals surface area contributed by atoms with Crippen molar-refractivity contribution in [3.8, 4) is 17.0 Å². The summed E-state index contributed by atoms with van der Waals surface area (Å²) in [5.41, 5.74) is 5.04. The van der Waals surface area contributed by atoms with Gasteiger partial charge in [0.05, 0.1) is 10.6 Å². The summed E-state index contributed by atoms with van der Waals surface area (Å²) in [6, 6.07) is 28.2. The van der Waals surface area contributed by atoms with Crippen LogP contribution in [0.15, 0.2) is 95.9 Å². The van der Waals surface area contributed by atoms with E-state index in [1.807, 2.05) is 79.7 Å². The number of nitrogens with one attached hydrogen (secondary N) is 2. The van der Waals surface area contributed by atoms with Crippen LogP contribution in [0.4, 0.5) is 11.6 Å². The first kappa shape index (κ1) is 27.9. The molecule has 2 aromatic heterocycles. The van der Waals surface area contributed by atoms with Gasteiger partial charge in [-0.25, -0.2) is 17.7 Å². The van der Waals surface area contributed by atoms with Crippen LogP contribution in [-0.2, 0) is 16.6 Å². The van der Waals surface area contributed by atoms with Gasteiger partial charge in [0.1, 0.15) is 12.4 Å². The number of fused-ring (bicyclic) bond motifs is 1. The van der Waals surface area contributed by atoms with Crippen LogP contribution in [0, 0.1) is 6.92 Å². The Morgan fingerprint density at radius 3 is 2.50 bits per heavy atom. The monoisotopic (exact) mass is 582 g/mol. The minimum absolute atomic E-state index is 0.169. The molecule has 6 rings (SSSR count). The van der Waals surface area contributed by atoms with Crippen molar-refractivity contribution >= 4 is 27.3 Å². The average Bonchev–Trinajstić information content (AvgIpc) is 3.67. The van der Waals surface area contributed by atoms with Crippen molar-refractivity contribution in [1.29, 1.82) is 0 Å². The Morgan fingerprint density at radius 1 is 0.905 bits per heavy atom. The molecular weight excluding hydrogens is 548 g/mol. The van der Waals surface area contributed by atoms with E-state index in [9.17, 15) is 8.42 Å². The SMILES string of the molecule is Cc1cccc(S(=O)(=O)NCc2cccc(-c3cccc4nc(Nc5ccc(OCCN6CCCC6)cc5)nn34)c2)c1. The maximum atomic E-state index is 12.8. The standard InChI is InChI=1S/C32H34N6O3S/c1-24-7-4-10-29(21-24)42(39,40)33-23-25-8-5-9-26(22-25)30-11-6-12-31-35-32(36-38(30)31)34-27-13-15-28(16-14-27)41-20-19-37-17-2-3-18-37/h4-16,21-22,33H,2-3,17-20,23H2,1H3,(H,34,36). The van der Waals surface area contributed by atoms with Crippen molar-refractivity contribution in [2.75, 3.05) is 31.6 Å². The number of anilines is 2. The zero-order valence-electron chi connectivity index (χ0n) is 23.5. The summed E-state index contributed by atoms with van der Waals surface area (Å²) in [5, 5.41) is 7.99. The van der Waals surface area contributed by atoms with Crippen molar-refractivity contribution in [3.05, 3.63) is 102 Å². The Kier molecular flexibility index (Phi) is 8.18. The van der Waals surface area contributed by atoms with E-state index in [0.29, 0.717) is 18.2 Å². The quantitative estimate of drug-likeness (QED) is 0.215. The van der Waals surface area contributed by atoms with Gasteiger partial charge < -0.3 is 10.1 Å². The van der Waals surface area contributed by atoms with E-state index in [0.717, 1.165) is 40.4 Å². The van der Waals surface area contributed by atoms with Crippen LogP contribution >= 0.6 is 0 Å². The van der Waals surface area contributed by atoms with Gasteiger partial charge in [0.2, 0.25) is 16.0 Å². The molecule has 0 unspecified atom stereocenters. The third-order valence-electron chi connectivity index (χ3n) is 7.33. The van der Waals surface area contributed by atoms with Crippen LogP contribution in [0.3, 0.4) is 0 Å². The van der Waals surface area contributed by atoms with Crippen molar-refractivity contribution in [3.63, 3.8) is 0 Å². The van der Waals surface area contributed by atoms with Crippen molar-refractivity contribution in [2.24, 2.45) is 0 Å². The predicted octanol–water partition coefficient (Wildman–Crippen LogP) is 5.40. The lowest BCUT2D eigenvalue weighted by molar-refractivity contribution is 0.238. The number of sulfonamides is 1. The Labute approximate surface area is 246 Å². The van der Waals surface area contributed by atoms with E-state index in [-0.39, 0.29) is 11.4 Å². The number of pyridine rings is 1. The van der Waals surface area contributed by atoms with Crippen molar-refractivity contribution in [2.45, 2.75) is 31.2 Å². The Hall–Kier alpha value is -4.25. The summed E-state index contributed by atoms with van der Waals surface area (Å²) in [6.07, 6.45) is 2.56. The first-order chi connectivity index (χ1) is 20.4. The van der Waals surface area contributed by atoms with Gasteiger partial charge in [-0.3, -0.25) is 4.90 Å². The maximum Gasteiger partial charge on any atom is 0.247 e. The maximum absolute atomic E-state index is 12.8. The molecule has 9 nitrogen and oxygen atoms in total. The molecule has 0 saturated carbocycles. The van der Waals surface area contributed by atoms with Gasteiger partial charge in [-0.05, 0) is 98.6 Å². The van der Waals surface area contributed by atoms with E-state index < -0.39 is 10.0 Å². The first-order valence-electron chi connectivity index (χ1n) is 14.2. The number of aryl methyl sites for hydroxylation is 1. The first-order valence-corrected chi connectivity index (χ1v) is 15.6. The van der Waals surface area contributed by atoms with Crippen LogP contribution in [0.25, 0.3) is 16.9 Å². The molecule has 1 saturated heterocycles. The van der Waals surface area contributed by atoms with Crippen molar-refractivity contribution < 1.29 is 13.2 Å². The average molecular weight is 583 g/mol. The normalized spacial score (nSPS) is 13.9. The molecule has 0 spiro atoms. The second-order valence-electron chi connectivity index (χ2n) is 10.5. The lowest BCUT2D eigenvalue weighted by atomic mass is 10.1. The fraction of sp³-hybridized carbons (Fsp3) is 0.250. The zero-order valence-corrected chi connectivity index (χ0v) is 24.3. The summed E-state index contributed by atoms with van der Waals surface area (Å²) < 4.78 is 36.0. The molecule has 2 N–H and O–H groups in total. The number of rotatable bonds is 11. The summed E-state index contributed by atoms with van der Waals surface area (Å²) in [6.45, 7) is 6.02. The molecule has 0 radical (unpaired) electrons. The van der Waals surface area contributed by atoms with E-state index in [2.05, 4.69) is 19.9 Å². The topological polar surface area (TPSA) is 101 Å². The number of aromatic nitrogens is 3. The number of hydrogen-bond donors (Lipinski definition) is 2. The molecule has 5 aromatic rings. The van der Waals surface area contributed by atoms with Crippen LogP contribution in [0.5, 0.6) is 5.75 Å². The van der Waals surface area contributed by atoms with Gasteiger partial charge in [0.25, 0.3) is 0 Å². The summed E-state index contributed by atoms with van der Waals surface area (Å²) in [4.78, 5) is 7.34. The Bertz CT molecular complexity index is 1780. The van der Waals surface area contributed by atoms with Gasteiger partial charge >= 0.3 is 0 Å². The van der Waals surface area contributed by atoms with Crippen LogP contribution < -0.4 is 14.8 Å².